The summed E-state index contributed by atoms with van der Waals surface area (Å²) in [5.41, 5.74) is 5.08. The van der Waals surface area contributed by atoms with Crippen LogP contribution >= 0.6 is 11.3 Å². The average Bonchev–Trinajstić information content (AvgIpc) is 3.25. The fourth-order valence-electron chi connectivity index (χ4n) is 3.92. The quantitative estimate of drug-likeness (QED) is 0.768. The van der Waals surface area contributed by atoms with Gasteiger partial charge in [0.05, 0.1) is 18.7 Å². The second-order valence-electron chi connectivity index (χ2n) is 6.47. The highest BCUT2D eigenvalue weighted by Gasteiger charge is 2.66. The Labute approximate surface area is 160 Å². The van der Waals surface area contributed by atoms with Gasteiger partial charge in [-0.3, -0.25) is 14.4 Å². The van der Waals surface area contributed by atoms with Crippen molar-refractivity contribution in [1.29, 1.82) is 5.26 Å². The molecule has 8 heteroatoms. The maximum atomic E-state index is 13.0. The fourth-order valence-corrected chi connectivity index (χ4v) is 4.62. The molecule has 1 aromatic heterocycles. The molecule has 0 radical (unpaired) electrons. The number of carbonyl (C=O) groups is 3. The number of nitrogens with two attached hydrogens (primary N) is 1. The minimum Gasteiger partial charge on any atom is -0.465 e. The molecule has 4 atom stereocenters. The summed E-state index contributed by atoms with van der Waals surface area (Å²) < 4.78 is 5.24. The van der Waals surface area contributed by atoms with E-state index in [1.807, 2.05) is 5.38 Å². The van der Waals surface area contributed by atoms with E-state index in [1.165, 1.54) is 24.5 Å². The predicted octanol–water partition coefficient (Wildman–Crippen LogP) is 1.49. The SMILES string of the molecule is CCOC(=O)[C@]1(C#N)[C@H](c2ccsc2)[C@H](C(N)=O)N2C=C(C(C)=O)C=C[C@@H]21. The van der Waals surface area contributed by atoms with Crippen LogP contribution in [0.3, 0.4) is 0 Å². The summed E-state index contributed by atoms with van der Waals surface area (Å²) in [4.78, 5) is 38.8. The second kappa shape index (κ2) is 7.00. The third kappa shape index (κ3) is 2.75. The van der Waals surface area contributed by atoms with Crippen LogP contribution < -0.4 is 5.73 Å². The van der Waals surface area contributed by atoms with Gasteiger partial charge in [0.15, 0.2) is 11.2 Å². The molecule has 1 amide bonds. The van der Waals surface area contributed by atoms with Crippen molar-refractivity contribution >= 4 is 29.0 Å². The van der Waals surface area contributed by atoms with E-state index in [1.54, 1.807) is 35.4 Å². The number of hydrogen-bond donors (Lipinski definition) is 1. The van der Waals surface area contributed by atoms with Gasteiger partial charge < -0.3 is 15.4 Å². The number of Topliss-reactive ketones (excluding diaryl/α,β-unsaturated/α-hetero) is 1. The molecule has 0 bridgehead atoms. The van der Waals surface area contributed by atoms with Crippen LogP contribution in [-0.4, -0.2) is 41.3 Å². The molecule has 0 unspecified atom stereocenters. The largest absolute Gasteiger partial charge is 0.465 e. The average molecular weight is 385 g/mol. The van der Waals surface area contributed by atoms with Crippen molar-refractivity contribution in [2.75, 3.05) is 6.61 Å². The van der Waals surface area contributed by atoms with Crippen molar-refractivity contribution in [2.24, 2.45) is 11.1 Å². The van der Waals surface area contributed by atoms with Crippen LogP contribution in [0.1, 0.15) is 25.3 Å². The minimum atomic E-state index is -1.66. The summed E-state index contributed by atoms with van der Waals surface area (Å²) in [7, 11) is 0. The molecule has 2 aliphatic heterocycles. The van der Waals surface area contributed by atoms with Crippen LogP contribution in [0, 0.1) is 16.7 Å². The maximum Gasteiger partial charge on any atom is 0.329 e. The zero-order chi connectivity index (χ0) is 19.8. The van der Waals surface area contributed by atoms with E-state index in [-0.39, 0.29) is 12.4 Å². The molecule has 1 saturated heterocycles. The minimum absolute atomic E-state index is 0.102. The third-order valence-electron chi connectivity index (χ3n) is 5.06. The van der Waals surface area contributed by atoms with Crippen molar-refractivity contribution in [2.45, 2.75) is 31.8 Å². The Bertz CT molecular complexity index is 883. The van der Waals surface area contributed by atoms with Gasteiger partial charge in [0.25, 0.3) is 0 Å². The first kappa shape index (κ1) is 18.9. The Morgan fingerprint density at radius 2 is 2.19 bits per heavy atom. The molecule has 2 N–H and O–H groups in total. The number of nitriles is 1. The van der Waals surface area contributed by atoms with Gasteiger partial charge in [-0.25, -0.2) is 0 Å². The highest BCUT2D eigenvalue weighted by Crippen LogP contribution is 2.54. The first-order chi connectivity index (χ1) is 12.9. The Kier molecular flexibility index (Phi) is 4.89. The summed E-state index contributed by atoms with van der Waals surface area (Å²) in [6, 6.07) is 2.18. The fraction of sp³-hybridized carbons (Fsp3) is 0.368. The lowest BCUT2D eigenvalue weighted by atomic mass is 9.69. The lowest BCUT2D eigenvalue weighted by Gasteiger charge is -2.32. The third-order valence-corrected chi connectivity index (χ3v) is 5.76. The highest BCUT2D eigenvalue weighted by atomic mass is 32.1. The lowest BCUT2D eigenvalue weighted by molar-refractivity contribution is -0.153. The predicted molar refractivity (Wildman–Crippen MR) is 98.3 cm³/mol. The van der Waals surface area contributed by atoms with Gasteiger partial charge in [-0.15, -0.1) is 0 Å². The van der Waals surface area contributed by atoms with Gasteiger partial charge in [-0.1, -0.05) is 12.2 Å². The Morgan fingerprint density at radius 1 is 1.44 bits per heavy atom. The molecule has 27 heavy (non-hydrogen) atoms. The number of fused-ring (bicyclic) bond motifs is 1. The Morgan fingerprint density at radius 3 is 2.70 bits per heavy atom. The number of carbonyl (C=O) groups excluding carboxylic acids is 3. The van der Waals surface area contributed by atoms with Crippen molar-refractivity contribution in [1.82, 2.24) is 4.90 Å². The van der Waals surface area contributed by atoms with E-state index in [2.05, 4.69) is 6.07 Å². The van der Waals surface area contributed by atoms with Crippen molar-refractivity contribution in [3.8, 4) is 6.07 Å². The number of amides is 1. The number of thiophene rings is 1. The molecule has 2 aliphatic rings. The Hall–Kier alpha value is -2.92. The lowest BCUT2D eigenvalue weighted by Crippen LogP contribution is -2.45. The van der Waals surface area contributed by atoms with Crippen molar-refractivity contribution in [3.63, 3.8) is 0 Å². The van der Waals surface area contributed by atoms with Gasteiger partial charge in [-0.05, 0) is 36.2 Å². The molecule has 140 valence electrons. The van der Waals surface area contributed by atoms with E-state index in [0.29, 0.717) is 11.1 Å². The molecule has 0 aliphatic carbocycles. The number of nitrogens with zero attached hydrogens (tertiary/aromatic N) is 2. The van der Waals surface area contributed by atoms with Crippen LogP contribution in [-0.2, 0) is 19.1 Å². The molecule has 0 saturated carbocycles. The summed E-state index contributed by atoms with van der Waals surface area (Å²) in [5, 5.41) is 13.8. The second-order valence-corrected chi connectivity index (χ2v) is 7.25. The maximum absolute atomic E-state index is 13.0. The number of ether oxygens (including phenoxy) is 1. The topological polar surface area (TPSA) is 113 Å². The molecule has 3 rings (SSSR count). The van der Waals surface area contributed by atoms with E-state index in [9.17, 15) is 19.6 Å². The standard InChI is InChI=1S/C19H19N3O4S/c1-3-26-18(25)19(10-20)14-5-4-12(11(2)23)8-22(14)16(17(21)24)15(19)13-6-7-27-9-13/h4-9,14-16H,3H2,1-2H3,(H2,21,24)/t14-,15-,16-,19+/m1/s1. The number of ketones is 1. The molecule has 7 nitrogen and oxygen atoms in total. The van der Waals surface area contributed by atoms with E-state index in [0.717, 1.165) is 0 Å². The van der Waals surface area contributed by atoms with Gasteiger partial charge in [0.1, 0.15) is 6.04 Å². The summed E-state index contributed by atoms with van der Waals surface area (Å²) in [6.07, 6.45) is 4.70. The van der Waals surface area contributed by atoms with Gasteiger partial charge in [0, 0.05) is 17.7 Å². The zero-order valence-electron chi connectivity index (χ0n) is 14.9. The van der Waals surface area contributed by atoms with Gasteiger partial charge >= 0.3 is 5.97 Å². The number of hydrogen-bond acceptors (Lipinski definition) is 7. The smallest absolute Gasteiger partial charge is 0.329 e. The molecular formula is C19H19N3O4S. The van der Waals surface area contributed by atoms with Gasteiger partial charge in [-0.2, -0.15) is 16.6 Å². The first-order valence-corrected chi connectivity index (χ1v) is 9.41. The van der Waals surface area contributed by atoms with Crippen molar-refractivity contribution < 1.29 is 19.1 Å². The molecule has 1 fully saturated rings. The van der Waals surface area contributed by atoms with Crippen LogP contribution in [0.4, 0.5) is 0 Å². The molecule has 0 aromatic carbocycles. The molecule has 1 aromatic rings. The zero-order valence-corrected chi connectivity index (χ0v) is 15.7. The first-order valence-electron chi connectivity index (χ1n) is 8.46. The normalized spacial score (nSPS) is 28.9. The van der Waals surface area contributed by atoms with E-state index in [4.69, 9.17) is 10.5 Å². The summed E-state index contributed by atoms with van der Waals surface area (Å²) in [5.74, 6) is -2.38. The van der Waals surface area contributed by atoms with Crippen molar-refractivity contribution in [3.05, 3.63) is 46.3 Å². The molecule has 3 heterocycles. The number of rotatable bonds is 5. The molecular weight excluding hydrogens is 366 g/mol. The van der Waals surface area contributed by atoms with E-state index < -0.39 is 35.3 Å². The van der Waals surface area contributed by atoms with E-state index >= 15 is 0 Å². The van der Waals surface area contributed by atoms with Crippen LogP contribution in [0.5, 0.6) is 0 Å². The van der Waals surface area contributed by atoms with Crippen LogP contribution in [0.2, 0.25) is 0 Å². The monoisotopic (exact) mass is 385 g/mol. The number of esters is 1. The van der Waals surface area contributed by atoms with Crippen LogP contribution in [0.25, 0.3) is 0 Å². The summed E-state index contributed by atoms with van der Waals surface area (Å²) >= 11 is 1.40. The summed E-state index contributed by atoms with van der Waals surface area (Å²) in [6.45, 7) is 3.17. The molecule has 0 spiro atoms. The number of allylic oxidation sites excluding steroid dienone is 2. The number of primary amides is 1. The van der Waals surface area contributed by atoms with Gasteiger partial charge in [0.2, 0.25) is 5.91 Å². The van der Waals surface area contributed by atoms with Crippen LogP contribution in [0.15, 0.2) is 40.8 Å². The Balaban J connectivity index is 2.26. The highest BCUT2D eigenvalue weighted by molar-refractivity contribution is 7.08.